The van der Waals surface area contributed by atoms with Gasteiger partial charge in [0.1, 0.15) is 17.6 Å². The third kappa shape index (κ3) is 2.34. The van der Waals surface area contributed by atoms with Gasteiger partial charge in [-0.2, -0.15) is 0 Å². The van der Waals surface area contributed by atoms with Gasteiger partial charge in [-0.05, 0) is 36.0 Å². The normalized spacial score (nSPS) is 24.7. The number of benzene rings is 1. The van der Waals surface area contributed by atoms with Crippen LogP contribution in [0.15, 0.2) is 24.3 Å². The van der Waals surface area contributed by atoms with Crippen LogP contribution >= 0.6 is 11.3 Å². The van der Waals surface area contributed by atoms with Gasteiger partial charge in [-0.25, -0.2) is 9.37 Å². The summed E-state index contributed by atoms with van der Waals surface area (Å²) in [5.74, 6) is -0.794. The molecule has 1 aliphatic heterocycles. The van der Waals surface area contributed by atoms with Crippen LogP contribution in [0.2, 0.25) is 0 Å². The Kier molecular flexibility index (Phi) is 3.31. The number of anilines is 1. The average Bonchev–Trinajstić information content (AvgIpc) is 3.01. The lowest BCUT2D eigenvalue weighted by atomic mass is 10.1. The number of hydrogen-bond acceptors (Lipinski definition) is 5. The Bertz CT molecular complexity index is 852. The fraction of sp³-hybridized carbons (Fsp3) is 0.312. The molecule has 1 aromatic carbocycles. The van der Waals surface area contributed by atoms with Gasteiger partial charge in [0, 0.05) is 6.54 Å². The first-order valence-electron chi connectivity index (χ1n) is 7.58. The first-order valence-corrected chi connectivity index (χ1v) is 8.40. The number of carbonyl (C=O) groups excluding carboxylic acids is 2. The zero-order valence-corrected chi connectivity index (χ0v) is 13.4. The minimum absolute atomic E-state index is 0.149. The summed E-state index contributed by atoms with van der Waals surface area (Å²) >= 11 is 1.12. The maximum absolute atomic E-state index is 13.5. The highest BCUT2D eigenvalue weighted by atomic mass is 32.1. The molecule has 1 aromatic heterocycles. The highest BCUT2D eigenvalue weighted by Gasteiger charge is 2.56. The Morgan fingerprint density at radius 3 is 2.88 bits per heavy atom. The summed E-state index contributed by atoms with van der Waals surface area (Å²) in [5.41, 5.74) is 11.9. The van der Waals surface area contributed by atoms with Crippen LogP contribution in [-0.2, 0) is 4.79 Å². The van der Waals surface area contributed by atoms with E-state index in [1.165, 1.54) is 17.0 Å². The quantitative estimate of drug-likeness (QED) is 0.878. The maximum Gasteiger partial charge on any atom is 0.274 e. The number of likely N-dealkylation sites (tertiary alicyclic amines) is 1. The third-order valence-electron chi connectivity index (χ3n) is 4.64. The summed E-state index contributed by atoms with van der Waals surface area (Å²) in [6.45, 7) is 0.497. The number of carbonyl (C=O) groups is 2. The number of rotatable bonds is 3. The Hall–Kier alpha value is -2.48. The molecule has 4 rings (SSSR count). The van der Waals surface area contributed by atoms with Crippen LogP contribution in [0.1, 0.15) is 16.9 Å². The first kappa shape index (κ1) is 15.1. The van der Waals surface area contributed by atoms with Crippen molar-refractivity contribution in [3.8, 4) is 10.4 Å². The van der Waals surface area contributed by atoms with Crippen molar-refractivity contribution < 1.29 is 14.0 Å². The molecule has 6 nitrogen and oxygen atoms in total. The smallest absolute Gasteiger partial charge is 0.274 e. The topological polar surface area (TPSA) is 102 Å². The molecule has 2 aromatic rings. The molecular formula is C16H15FN4O2S. The Morgan fingerprint density at radius 2 is 2.17 bits per heavy atom. The summed E-state index contributed by atoms with van der Waals surface area (Å²) in [7, 11) is 0. The average molecular weight is 346 g/mol. The summed E-state index contributed by atoms with van der Waals surface area (Å²) in [6.07, 6.45) is 0.924. The SMILES string of the molecule is NC(=O)[C@@H]1[C@H]2C[C@H]2CN1C(=O)c1nc(N)sc1-c1cccc(F)c1. The van der Waals surface area contributed by atoms with Gasteiger partial charge in [-0.3, -0.25) is 9.59 Å². The van der Waals surface area contributed by atoms with E-state index in [0.29, 0.717) is 22.9 Å². The lowest BCUT2D eigenvalue weighted by molar-refractivity contribution is -0.122. The second-order valence-corrected chi connectivity index (χ2v) is 7.24. The Morgan fingerprint density at radius 1 is 1.38 bits per heavy atom. The molecule has 2 heterocycles. The van der Waals surface area contributed by atoms with Crippen molar-refractivity contribution in [1.82, 2.24) is 9.88 Å². The molecule has 3 atom stereocenters. The second-order valence-electron chi connectivity index (χ2n) is 6.20. The molecule has 0 radical (unpaired) electrons. The van der Waals surface area contributed by atoms with Crippen LogP contribution in [-0.4, -0.2) is 34.3 Å². The van der Waals surface area contributed by atoms with E-state index in [4.69, 9.17) is 11.5 Å². The summed E-state index contributed by atoms with van der Waals surface area (Å²) in [5, 5.41) is 0.220. The van der Waals surface area contributed by atoms with Crippen LogP contribution in [0, 0.1) is 17.7 Å². The van der Waals surface area contributed by atoms with Crippen molar-refractivity contribution in [3.63, 3.8) is 0 Å². The predicted molar refractivity (Wildman–Crippen MR) is 87.5 cm³/mol. The molecule has 1 saturated carbocycles. The molecule has 2 aliphatic rings. The second kappa shape index (κ2) is 5.27. The van der Waals surface area contributed by atoms with Gasteiger partial charge in [0.25, 0.3) is 5.91 Å². The zero-order valence-electron chi connectivity index (χ0n) is 12.6. The minimum atomic E-state index is -0.592. The van der Waals surface area contributed by atoms with Gasteiger partial charge in [-0.15, -0.1) is 0 Å². The molecular weight excluding hydrogens is 331 g/mol. The number of fused-ring (bicyclic) bond motifs is 1. The fourth-order valence-electron chi connectivity index (χ4n) is 3.48. The van der Waals surface area contributed by atoms with E-state index >= 15 is 0 Å². The van der Waals surface area contributed by atoms with Crippen LogP contribution in [0.5, 0.6) is 0 Å². The number of piperidine rings is 1. The number of amides is 2. The predicted octanol–water partition coefficient (Wildman–Crippen LogP) is 1.48. The molecule has 1 aliphatic carbocycles. The number of aromatic nitrogens is 1. The fourth-order valence-corrected chi connectivity index (χ4v) is 4.30. The summed E-state index contributed by atoms with van der Waals surface area (Å²) in [4.78, 5) is 30.8. The lowest BCUT2D eigenvalue weighted by Crippen LogP contribution is -2.46. The van der Waals surface area contributed by atoms with Crippen molar-refractivity contribution in [2.75, 3.05) is 12.3 Å². The molecule has 2 fully saturated rings. The van der Waals surface area contributed by atoms with Crippen molar-refractivity contribution in [1.29, 1.82) is 0 Å². The number of nitrogen functional groups attached to an aromatic ring is 1. The molecule has 0 spiro atoms. The van der Waals surface area contributed by atoms with Crippen LogP contribution in [0.4, 0.5) is 9.52 Å². The van der Waals surface area contributed by atoms with Crippen LogP contribution in [0.3, 0.4) is 0 Å². The molecule has 24 heavy (non-hydrogen) atoms. The molecule has 0 bridgehead atoms. The van der Waals surface area contributed by atoms with Gasteiger partial charge in [0.15, 0.2) is 5.13 Å². The number of nitrogens with two attached hydrogens (primary N) is 2. The Labute approximate surface area is 141 Å². The molecule has 0 unspecified atom stereocenters. The molecule has 2 amide bonds. The van der Waals surface area contributed by atoms with E-state index in [0.717, 1.165) is 17.8 Å². The van der Waals surface area contributed by atoms with E-state index in [1.54, 1.807) is 12.1 Å². The molecule has 124 valence electrons. The highest BCUT2D eigenvalue weighted by Crippen LogP contribution is 2.50. The van der Waals surface area contributed by atoms with Crippen molar-refractivity contribution in [2.24, 2.45) is 17.6 Å². The van der Waals surface area contributed by atoms with E-state index in [-0.39, 0.29) is 22.7 Å². The van der Waals surface area contributed by atoms with E-state index in [1.807, 2.05) is 0 Å². The van der Waals surface area contributed by atoms with E-state index < -0.39 is 17.8 Å². The van der Waals surface area contributed by atoms with E-state index in [9.17, 15) is 14.0 Å². The van der Waals surface area contributed by atoms with Crippen molar-refractivity contribution in [2.45, 2.75) is 12.5 Å². The summed E-state index contributed by atoms with van der Waals surface area (Å²) < 4.78 is 13.5. The van der Waals surface area contributed by atoms with Gasteiger partial charge < -0.3 is 16.4 Å². The zero-order chi connectivity index (χ0) is 17.0. The summed E-state index contributed by atoms with van der Waals surface area (Å²) in [6, 6.07) is 5.32. The van der Waals surface area contributed by atoms with Gasteiger partial charge >= 0.3 is 0 Å². The minimum Gasteiger partial charge on any atom is -0.375 e. The largest absolute Gasteiger partial charge is 0.375 e. The Balaban J connectivity index is 1.72. The van der Waals surface area contributed by atoms with Crippen molar-refractivity contribution >= 4 is 28.3 Å². The van der Waals surface area contributed by atoms with Crippen LogP contribution in [0.25, 0.3) is 10.4 Å². The maximum atomic E-state index is 13.5. The molecule has 4 N–H and O–H groups in total. The third-order valence-corrected chi connectivity index (χ3v) is 5.57. The van der Waals surface area contributed by atoms with Gasteiger partial charge in [-0.1, -0.05) is 23.5 Å². The highest BCUT2D eigenvalue weighted by molar-refractivity contribution is 7.19. The lowest BCUT2D eigenvalue weighted by Gasteiger charge is -2.24. The number of hydrogen-bond donors (Lipinski definition) is 2. The molecule has 8 heteroatoms. The van der Waals surface area contributed by atoms with Gasteiger partial charge in [0.2, 0.25) is 5.91 Å². The van der Waals surface area contributed by atoms with Crippen molar-refractivity contribution in [3.05, 3.63) is 35.8 Å². The molecule has 1 saturated heterocycles. The van der Waals surface area contributed by atoms with E-state index in [2.05, 4.69) is 4.98 Å². The van der Waals surface area contributed by atoms with Gasteiger partial charge in [0.05, 0.1) is 4.88 Å². The standard InChI is InChI=1S/C16H15FN4O2S/c17-9-3-1-2-7(4-9)13-11(20-16(19)24-13)15(23)21-6-8-5-10(8)12(21)14(18)22/h1-4,8,10,12H,5-6H2,(H2,18,22)(H2,19,20)/t8-,10-,12-/m0/s1. The number of thiazole rings is 1. The van der Waals surface area contributed by atoms with Crippen LogP contribution < -0.4 is 11.5 Å². The number of nitrogens with zero attached hydrogens (tertiary/aromatic N) is 2. The number of halogens is 1. The first-order chi connectivity index (χ1) is 11.5. The monoisotopic (exact) mass is 346 g/mol. The number of primary amides is 1.